The third kappa shape index (κ3) is 25.5. The molecule has 3 fully saturated rings. The van der Waals surface area contributed by atoms with Crippen molar-refractivity contribution in [3.05, 3.63) is 47.6 Å². The lowest BCUT2D eigenvalue weighted by Crippen LogP contribution is -2.61. The van der Waals surface area contributed by atoms with Crippen LogP contribution in [0.15, 0.2) is 47.6 Å². The molecule has 3 heterocycles. The van der Waals surface area contributed by atoms with Crippen molar-refractivity contribution in [2.75, 3.05) is 107 Å². The number of Topliss-reactive ketones (excluding diaryl/α,β-unsaturated/α-hetero) is 3. The predicted molar refractivity (Wildman–Crippen MR) is 322 cm³/mol. The molecule has 2 unspecified atom stereocenters. The lowest BCUT2D eigenvalue weighted by Gasteiger charge is -2.42. The number of nitrogens with zero attached hydrogens (tertiary/aromatic N) is 1. The first-order valence-electron chi connectivity index (χ1n) is 31.5. The van der Waals surface area contributed by atoms with Crippen molar-refractivity contribution in [2.24, 2.45) is 35.3 Å². The minimum Gasteiger partial charge on any atom is -0.459 e. The predicted octanol–water partition coefficient (Wildman–Crippen LogP) is 5.07. The average molecular weight is 1240 g/mol. The summed E-state index contributed by atoms with van der Waals surface area (Å²) in [5.74, 6) is -9.16. The van der Waals surface area contributed by atoms with Crippen molar-refractivity contribution in [1.29, 1.82) is 0 Å². The second-order valence-corrected chi connectivity index (χ2v) is 23.6. The molecule has 2 saturated heterocycles. The Morgan fingerprint density at radius 2 is 1.38 bits per heavy atom. The van der Waals surface area contributed by atoms with Gasteiger partial charge in [-0.05, 0) is 108 Å². The Morgan fingerprint density at radius 3 is 2.00 bits per heavy atom. The van der Waals surface area contributed by atoms with Gasteiger partial charge in [0, 0.05) is 70.6 Å². The Hall–Kier alpha value is -4.34. The number of carbonyl (C=O) groups excluding carboxylic acids is 6. The average Bonchev–Trinajstić information content (AvgIpc) is 1.86. The number of esters is 1. The minimum absolute atomic E-state index is 0.00990. The van der Waals surface area contributed by atoms with E-state index in [4.69, 9.17) is 57.8 Å². The monoisotopic (exact) mass is 1240 g/mol. The molecule has 1 aliphatic carbocycles. The highest BCUT2D eigenvalue weighted by Crippen LogP contribution is 2.37. The number of rotatable bonds is 25. The van der Waals surface area contributed by atoms with Crippen LogP contribution in [0.25, 0.3) is 0 Å². The summed E-state index contributed by atoms with van der Waals surface area (Å²) in [5, 5.41) is 37.1. The molecule has 23 heteroatoms. The first-order chi connectivity index (χ1) is 41.6. The van der Waals surface area contributed by atoms with E-state index in [1.807, 2.05) is 51.2 Å². The number of hydrogen-bond donors (Lipinski definition) is 5. The number of carbonyl (C=O) groups is 6. The number of amides is 2. The Bertz CT molecular complexity index is 2230. The molecule has 3 aliphatic heterocycles. The molecular weight excluding hydrogens is 1130 g/mol. The van der Waals surface area contributed by atoms with E-state index in [1.54, 1.807) is 27.9 Å². The van der Waals surface area contributed by atoms with Crippen LogP contribution in [0.4, 0.5) is 4.79 Å². The highest BCUT2D eigenvalue weighted by Gasteiger charge is 2.53. The molecule has 2 bridgehead atoms. The maximum Gasteiger partial charge on any atom is 0.407 e. The van der Waals surface area contributed by atoms with Gasteiger partial charge in [-0.2, -0.15) is 0 Å². The van der Waals surface area contributed by atoms with E-state index in [9.17, 15) is 44.1 Å². The molecule has 23 nitrogen and oxygen atoms in total. The van der Waals surface area contributed by atoms with Gasteiger partial charge >= 0.3 is 12.1 Å². The van der Waals surface area contributed by atoms with E-state index < -0.39 is 120 Å². The first kappa shape index (κ1) is 75.1. The zero-order chi connectivity index (χ0) is 63.9. The van der Waals surface area contributed by atoms with E-state index >= 15 is 0 Å². The Labute approximate surface area is 515 Å². The number of aliphatic hydroxyl groups excluding tert-OH is 2. The van der Waals surface area contributed by atoms with Crippen LogP contribution < -0.4 is 11.1 Å². The maximum atomic E-state index is 14.6. The van der Waals surface area contributed by atoms with E-state index in [0.717, 1.165) is 10.5 Å². The molecule has 2 amide bonds. The number of ketones is 3. The zero-order valence-corrected chi connectivity index (χ0v) is 53.2. The lowest BCUT2D eigenvalue weighted by molar-refractivity contribution is -0.265. The molecule has 4 aliphatic rings. The molecule has 0 radical (unpaired) electrons. The van der Waals surface area contributed by atoms with Crippen LogP contribution in [0.2, 0.25) is 0 Å². The van der Waals surface area contributed by atoms with E-state index in [-0.39, 0.29) is 56.4 Å². The van der Waals surface area contributed by atoms with Gasteiger partial charge in [0.25, 0.3) is 11.7 Å². The van der Waals surface area contributed by atoms with E-state index in [2.05, 4.69) is 5.32 Å². The molecule has 15 atom stereocenters. The number of cyclic esters (lactones) is 1. The summed E-state index contributed by atoms with van der Waals surface area (Å²) in [4.78, 5) is 85.1. The van der Waals surface area contributed by atoms with Gasteiger partial charge in [0.15, 0.2) is 5.78 Å². The van der Waals surface area contributed by atoms with E-state index in [0.29, 0.717) is 124 Å². The van der Waals surface area contributed by atoms with Gasteiger partial charge in [-0.15, -0.1) is 0 Å². The number of methoxy groups -OCH3 is 2. The standard InChI is InChI=1S/C64H105N3O20/c1-10-79-26-27-81-30-31-83-34-35-84-33-32-82-29-28-80-25-23-66-63(75)86-53-22-20-48(39-56(53)78-9)38-50(65)55-41-52(68)44(4)37-46(6)58(70)59(71)57(69)45(5)36-42(2)16-12-11-13-17-43(3)54(77-8)40-49-21-19-47(7)64(76,87-49)60(72)61(73)67-24-15-14-18-51(67)62(74)85-55/h11-13,16-17,37,42,44-45,47-51,53-56,58-59,70-71,76H,10,14-15,18-36,38-41,65H2,1-9H3,(H,66,75)/b13-11+,16-12+,43-17+,46-37+/t42-,44-,45-,47-,48?,49+,50-,51+,53-,54+,55+,56-,58?,59+,64-/m1/s1. The number of alkyl carbamates (subject to hydrolysis) is 1. The Balaban J connectivity index is 1.42. The van der Waals surface area contributed by atoms with Crippen molar-refractivity contribution in [2.45, 2.75) is 186 Å². The summed E-state index contributed by atoms with van der Waals surface area (Å²) in [5.41, 5.74) is 8.00. The van der Waals surface area contributed by atoms with Crippen molar-refractivity contribution in [1.82, 2.24) is 10.2 Å². The number of hydrogen-bond acceptors (Lipinski definition) is 21. The SMILES string of the molecule is CCOCCOCCOCCOCCOCCOCCNC(=O)O[C@@H]1CCC(C[C@@H](N)[C@@H]2CC(=O)[C@H](C)/C=C(\C)C(O)[C@@H](O)C(=O)[C@H](C)C[C@H](C)/C=C/C=C/C=C(\C)[C@@H](OC)C[C@@H]3CC[C@@H](C)[C@@](O)(O3)C(=O)C(=O)N3CCCC[C@H]3C(=O)O2)C[C@H]1OC. The van der Waals surface area contributed by atoms with Gasteiger partial charge in [-0.3, -0.25) is 19.2 Å². The molecule has 0 spiro atoms. The molecule has 87 heavy (non-hydrogen) atoms. The molecule has 0 aromatic heterocycles. The van der Waals surface area contributed by atoms with Gasteiger partial charge in [-0.1, -0.05) is 64.2 Å². The van der Waals surface area contributed by atoms with Crippen LogP contribution >= 0.6 is 0 Å². The maximum absolute atomic E-state index is 14.6. The summed E-state index contributed by atoms with van der Waals surface area (Å²) in [7, 11) is 3.07. The highest BCUT2D eigenvalue weighted by atomic mass is 16.6. The smallest absolute Gasteiger partial charge is 0.407 e. The van der Waals surface area contributed by atoms with Crippen molar-refractivity contribution >= 4 is 35.3 Å². The molecule has 1 saturated carbocycles. The van der Waals surface area contributed by atoms with Crippen molar-refractivity contribution in [3.63, 3.8) is 0 Å². The summed E-state index contributed by atoms with van der Waals surface area (Å²) in [6.07, 6.45) is 7.10. The minimum atomic E-state index is -2.50. The number of allylic oxidation sites excluding steroid dienone is 6. The number of aliphatic hydroxyl groups is 3. The lowest BCUT2D eigenvalue weighted by atomic mass is 9.80. The van der Waals surface area contributed by atoms with Crippen molar-refractivity contribution < 1.29 is 96.2 Å². The fourth-order valence-corrected chi connectivity index (χ4v) is 11.4. The Kier molecular flexibility index (Phi) is 34.9. The number of nitrogens with two attached hydrogens (primary N) is 1. The van der Waals surface area contributed by atoms with Gasteiger partial charge in [0.2, 0.25) is 5.79 Å². The zero-order valence-electron chi connectivity index (χ0n) is 53.2. The van der Waals surface area contributed by atoms with E-state index in [1.165, 1.54) is 20.1 Å². The fraction of sp³-hybridized carbons (Fsp3) is 0.781. The summed E-state index contributed by atoms with van der Waals surface area (Å²) < 4.78 is 62.6. The molecule has 0 aromatic carbocycles. The van der Waals surface area contributed by atoms with Gasteiger partial charge in [0.05, 0.1) is 91.0 Å². The van der Waals surface area contributed by atoms with Gasteiger partial charge in [0.1, 0.15) is 36.2 Å². The van der Waals surface area contributed by atoms with Gasteiger partial charge < -0.3 is 83.4 Å². The normalized spacial score (nSPS) is 33.1. The molecular formula is C64H105N3O20. The van der Waals surface area contributed by atoms with Crippen molar-refractivity contribution in [3.8, 4) is 0 Å². The molecule has 6 N–H and O–H groups in total. The summed E-state index contributed by atoms with van der Waals surface area (Å²) >= 11 is 0. The second kappa shape index (κ2) is 40.4. The van der Waals surface area contributed by atoms with Gasteiger partial charge in [-0.25, -0.2) is 9.59 Å². The number of fused-ring (bicyclic) bond motifs is 3. The molecule has 4 rings (SSSR count). The topological polar surface area (TPSA) is 306 Å². The largest absolute Gasteiger partial charge is 0.459 e. The number of piperidine rings is 1. The molecule has 496 valence electrons. The van der Waals surface area contributed by atoms with Crippen LogP contribution in [0, 0.1) is 29.6 Å². The number of ether oxygens (including phenoxy) is 11. The first-order valence-corrected chi connectivity index (χ1v) is 31.5. The van der Waals surface area contributed by atoms with Crippen LogP contribution in [0.5, 0.6) is 0 Å². The van der Waals surface area contributed by atoms with Crippen LogP contribution in [0.3, 0.4) is 0 Å². The van der Waals surface area contributed by atoms with Crippen LogP contribution in [-0.2, 0) is 76.1 Å². The third-order valence-electron chi connectivity index (χ3n) is 16.8. The second-order valence-electron chi connectivity index (χ2n) is 23.6. The molecule has 0 aromatic rings. The van der Waals surface area contributed by atoms with Crippen LogP contribution in [0.1, 0.15) is 126 Å². The number of nitrogens with one attached hydrogen (secondary N) is 1. The third-order valence-corrected chi connectivity index (χ3v) is 16.8. The summed E-state index contributed by atoms with van der Waals surface area (Å²) in [6.45, 7) is 17.7. The Morgan fingerprint density at radius 1 is 0.747 bits per heavy atom. The fourth-order valence-electron chi connectivity index (χ4n) is 11.4. The quantitative estimate of drug-likeness (QED) is 0.0345. The highest BCUT2D eigenvalue weighted by molar-refractivity contribution is 6.39. The van der Waals surface area contributed by atoms with Crippen LogP contribution in [-0.4, -0.2) is 223 Å². The summed E-state index contributed by atoms with van der Waals surface area (Å²) in [6, 6.07) is -2.21.